The largest absolute Gasteiger partial charge is 0.396 e. The molecule has 2 saturated carbocycles. The van der Waals surface area contributed by atoms with Crippen LogP contribution in [0.5, 0.6) is 0 Å². The molecule has 0 spiro atoms. The first kappa shape index (κ1) is 12.7. The van der Waals surface area contributed by atoms with Crippen molar-refractivity contribution in [3.05, 3.63) is 0 Å². The highest BCUT2D eigenvalue weighted by Gasteiger charge is 2.33. The van der Waals surface area contributed by atoms with Gasteiger partial charge in [-0.15, -0.1) is 0 Å². The predicted molar refractivity (Wildman–Crippen MR) is 69.9 cm³/mol. The van der Waals surface area contributed by atoms with E-state index in [9.17, 15) is 5.11 Å². The van der Waals surface area contributed by atoms with Crippen molar-refractivity contribution in [2.45, 2.75) is 57.4 Å². The van der Waals surface area contributed by atoms with Crippen molar-refractivity contribution < 1.29 is 5.11 Å². The molecule has 2 fully saturated rings. The van der Waals surface area contributed by atoms with Crippen LogP contribution in [0.1, 0.15) is 51.4 Å². The first-order valence-electron chi connectivity index (χ1n) is 6.91. The molecule has 0 unspecified atom stereocenters. The molecule has 0 aromatic rings. The van der Waals surface area contributed by atoms with Crippen LogP contribution in [0.15, 0.2) is 4.99 Å². The smallest absolute Gasteiger partial charge is 0.188 e. The molecule has 2 rings (SSSR count). The monoisotopic (exact) mass is 239 g/mol. The molecule has 2 aliphatic rings. The molecule has 0 saturated heterocycles. The molecule has 0 bridgehead atoms. The lowest BCUT2D eigenvalue weighted by atomic mass is 9.87. The number of hydrogen-bond donors (Lipinski definition) is 3. The summed E-state index contributed by atoms with van der Waals surface area (Å²) in [6, 6.07) is 0.521. The van der Waals surface area contributed by atoms with Crippen molar-refractivity contribution in [3.8, 4) is 0 Å². The molecule has 0 atom stereocenters. The molecule has 17 heavy (non-hydrogen) atoms. The summed E-state index contributed by atoms with van der Waals surface area (Å²) in [6.45, 7) is 0.919. The molecule has 0 aromatic carbocycles. The van der Waals surface area contributed by atoms with Gasteiger partial charge in [-0.25, -0.2) is 0 Å². The fourth-order valence-electron chi connectivity index (χ4n) is 3.07. The summed E-state index contributed by atoms with van der Waals surface area (Å²) in [5, 5.41) is 12.8. The first-order valence-corrected chi connectivity index (χ1v) is 6.91. The van der Waals surface area contributed by atoms with Crippen LogP contribution in [0.2, 0.25) is 0 Å². The Labute approximate surface area is 104 Å². The van der Waals surface area contributed by atoms with Crippen LogP contribution in [0.4, 0.5) is 0 Å². The minimum atomic E-state index is 0.0158. The van der Waals surface area contributed by atoms with Crippen LogP contribution in [0.25, 0.3) is 0 Å². The van der Waals surface area contributed by atoms with Crippen molar-refractivity contribution >= 4 is 5.96 Å². The predicted octanol–water partition coefficient (Wildman–Crippen LogP) is 1.39. The van der Waals surface area contributed by atoms with Crippen LogP contribution in [-0.4, -0.2) is 30.3 Å². The molecular weight excluding hydrogens is 214 g/mol. The molecule has 4 nitrogen and oxygen atoms in total. The third-order valence-electron chi connectivity index (χ3n) is 4.29. The lowest BCUT2D eigenvalue weighted by Crippen LogP contribution is -2.39. The van der Waals surface area contributed by atoms with E-state index in [1.54, 1.807) is 0 Å². The van der Waals surface area contributed by atoms with Gasteiger partial charge in [0, 0.05) is 11.5 Å². The third kappa shape index (κ3) is 3.35. The van der Waals surface area contributed by atoms with Gasteiger partial charge in [0.25, 0.3) is 0 Å². The van der Waals surface area contributed by atoms with E-state index in [4.69, 9.17) is 5.73 Å². The molecule has 2 aliphatic carbocycles. The number of nitrogens with zero attached hydrogens (tertiary/aromatic N) is 1. The van der Waals surface area contributed by atoms with Crippen LogP contribution in [-0.2, 0) is 0 Å². The summed E-state index contributed by atoms with van der Waals surface area (Å²) < 4.78 is 0. The van der Waals surface area contributed by atoms with Gasteiger partial charge in [0.05, 0.1) is 13.2 Å². The number of aliphatic hydroxyl groups is 1. The summed E-state index contributed by atoms with van der Waals surface area (Å²) in [7, 11) is 0. The van der Waals surface area contributed by atoms with Gasteiger partial charge in [-0.2, -0.15) is 0 Å². The minimum Gasteiger partial charge on any atom is -0.396 e. The maximum atomic E-state index is 9.48. The van der Waals surface area contributed by atoms with Crippen LogP contribution < -0.4 is 11.1 Å². The minimum absolute atomic E-state index is 0.0158. The second kappa shape index (κ2) is 5.71. The Hall–Kier alpha value is -0.770. The van der Waals surface area contributed by atoms with E-state index in [2.05, 4.69) is 10.3 Å². The standard InChI is InChI=1S/C13H25N3O/c14-12(16-11-5-1-2-6-11)15-9-13(10-17)7-3-4-8-13/h11,17H,1-10H2,(H3,14,15,16). The Kier molecular flexibility index (Phi) is 4.26. The van der Waals surface area contributed by atoms with Gasteiger partial charge < -0.3 is 16.2 Å². The fraction of sp³-hybridized carbons (Fsp3) is 0.923. The normalized spacial score (nSPS) is 25.4. The van der Waals surface area contributed by atoms with E-state index >= 15 is 0 Å². The molecule has 0 aromatic heterocycles. The fourth-order valence-corrected chi connectivity index (χ4v) is 3.07. The zero-order valence-electron chi connectivity index (χ0n) is 10.6. The Morgan fingerprint density at radius 2 is 1.88 bits per heavy atom. The van der Waals surface area contributed by atoms with Crippen molar-refractivity contribution in [1.82, 2.24) is 5.32 Å². The quantitative estimate of drug-likeness (QED) is 0.513. The Morgan fingerprint density at radius 1 is 1.24 bits per heavy atom. The number of rotatable bonds is 4. The molecular formula is C13H25N3O. The van der Waals surface area contributed by atoms with Crippen molar-refractivity contribution in [2.24, 2.45) is 16.1 Å². The summed E-state index contributed by atoms with van der Waals surface area (Å²) in [4.78, 5) is 4.44. The van der Waals surface area contributed by atoms with Crippen molar-refractivity contribution in [1.29, 1.82) is 0 Å². The lowest BCUT2D eigenvalue weighted by Gasteiger charge is -2.24. The Bertz CT molecular complexity index is 266. The SMILES string of the molecule is NC(=NCC1(CO)CCCC1)NC1CCCC1. The van der Waals surface area contributed by atoms with Gasteiger partial charge in [-0.05, 0) is 25.7 Å². The molecule has 4 heteroatoms. The third-order valence-corrected chi connectivity index (χ3v) is 4.29. The second-order valence-corrected chi connectivity index (χ2v) is 5.69. The summed E-state index contributed by atoms with van der Waals surface area (Å²) in [6.07, 6.45) is 9.62. The highest BCUT2D eigenvalue weighted by molar-refractivity contribution is 5.78. The maximum Gasteiger partial charge on any atom is 0.188 e. The zero-order chi connectivity index (χ0) is 12.1. The molecule has 98 valence electrons. The molecule has 4 N–H and O–H groups in total. The molecule has 0 heterocycles. The Balaban J connectivity index is 1.81. The maximum absolute atomic E-state index is 9.48. The van der Waals surface area contributed by atoms with Gasteiger partial charge in [-0.1, -0.05) is 25.7 Å². The van der Waals surface area contributed by atoms with E-state index in [1.807, 2.05) is 0 Å². The lowest BCUT2D eigenvalue weighted by molar-refractivity contribution is 0.138. The van der Waals surface area contributed by atoms with Crippen LogP contribution in [0, 0.1) is 5.41 Å². The second-order valence-electron chi connectivity index (χ2n) is 5.69. The highest BCUT2D eigenvalue weighted by atomic mass is 16.3. The Morgan fingerprint density at radius 3 is 2.47 bits per heavy atom. The van der Waals surface area contributed by atoms with E-state index in [0.717, 1.165) is 12.8 Å². The van der Waals surface area contributed by atoms with E-state index in [-0.39, 0.29) is 12.0 Å². The number of aliphatic hydroxyl groups excluding tert-OH is 1. The van der Waals surface area contributed by atoms with E-state index in [1.165, 1.54) is 38.5 Å². The molecule has 0 amide bonds. The number of nitrogens with two attached hydrogens (primary N) is 1. The van der Waals surface area contributed by atoms with Crippen molar-refractivity contribution in [3.63, 3.8) is 0 Å². The average Bonchev–Trinajstić information content (AvgIpc) is 2.98. The topological polar surface area (TPSA) is 70.6 Å². The van der Waals surface area contributed by atoms with Gasteiger partial charge >= 0.3 is 0 Å². The van der Waals surface area contributed by atoms with E-state index < -0.39 is 0 Å². The van der Waals surface area contributed by atoms with E-state index in [0.29, 0.717) is 18.5 Å². The molecule has 0 radical (unpaired) electrons. The first-order chi connectivity index (χ1) is 8.24. The summed E-state index contributed by atoms with van der Waals surface area (Å²) in [5.74, 6) is 0.566. The van der Waals surface area contributed by atoms with Crippen LogP contribution >= 0.6 is 0 Å². The summed E-state index contributed by atoms with van der Waals surface area (Å²) in [5.41, 5.74) is 5.92. The average molecular weight is 239 g/mol. The van der Waals surface area contributed by atoms with Gasteiger partial charge in [0.15, 0.2) is 5.96 Å². The highest BCUT2D eigenvalue weighted by Crippen LogP contribution is 2.37. The number of hydrogen-bond acceptors (Lipinski definition) is 2. The van der Waals surface area contributed by atoms with Crippen LogP contribution in [0.3, 0.4) is 0 Å². The van der Waals surface area contributed by atoms with Crippen molar-refractivity contribution in [2.75, 3.05) is 13.2 Å². The van der Waals surface area contributed by atoms with Gasteiger partial charge in [-0.3, -0.25) is 4.99 Å². The van der Waals surface area contributed by atoms with Gasteiger partial charge in [0.2, 0.25) is 0 Å². The van der Waals surface area contributed by atoms with Gasteiger partial charge in [0.1, 0.15) is 0 Å². The zero-order valence-corrected chi connectivity index (χ0v) is 10.6. The summed E-state index contributed by atoms with van der Waals surface area (Å²) >= 11 is 0. The number of nitrogens with one attached hydrogen (secondary N) is 1. The number of aliphatic imine (C=N–C) groups is 1. The number of guanidine groups is 1. The molecule has 0 aliphatic heterocycles.